The summed E-state index contributed by atoms with van der Waals surface area (Å²) in [6.45, 7) is -0.508. The number of halogens is 1. The number of alkyl halides is 1. The van der Waals surface area contributed by atoms with Gasteiger partial charge in [0.15, 0.2) is 5.69 Å². The van der Waals surface area contributed by atoms with Crippen molar-refractivity contribution in [2.24, 2.45) is 7.05 Å². The summed E-state index contributed by atoms with van der Waals surface area (Å²) in [5, 5.41) is 12.7. The highest BCUT2D eigenvalue weighted by atomic mass is 19.1. The molecule has 1 aromatic carbocycles. The highest BCUT2D eigenvalue weighted by molar-refractivity contribution is 5.87. The molecule has 0 aliphatic rings. The van der Waals surface area contributed by atoms with Crippen LogP contribution in [0, 0.1) is 0 Å². The fourth-order valence-corrected chi connectivity index (χ4v) is 1.61. The van der Waals surface area contributed by atoms with Crippen LogP contribution in [0.4, 0.5) is 4.39 Å². The van der Waals surface area contributed by atoms with Crippen molar-refractivity contribution in [2.45, 2.75) is 6.67 Å². The zero-order valence-corrected chi connectivity index (χ0v) is 9.22. The lowest BCUT2D eigenvalue weighted by Crippen LogP contribution is -1.99. The summed E-state index contributed by atoms with van der Waals surface area (Å²) >= 11 is 0. The summed E-state index contributed by atoms with van der Waals surface area (Å²) in [7, 11) is 1.67. The third-order valence-electron chi connectivity index (χ3n) is 2.50. The van der Waals surface area contributed by atoms with Crippen molar-refractivity contribution in [3.8, 4) is 11.3 Å². The first-order valence-corrected chi connectivity index (χ1v) is 5.04. The van der Waals surface area contributed by atoms with Gasteiger partial charge in [-0.1, -0.05) is 24.3 Å². The Morgan fingerprint density at radius 2 is 2.06 bits per heavy atom. The summed E-state index contributed by atoms with van der Waals surface area (Å²) in [6, 6.07) is 8.33. The number of hydrogen-bond acceptors (Lipinski definition) is 2. The molecule has 4 nitrogen and oxygen atoms in total. The molecule has 1 heterocycles. The average Bonchev–Trinajstić information content (AvgIpc) is 2.72. The van der Waals surface area contributed by atoms with Crippen molar-refractivity contribution >= 4 is 5.97 Å². The van der Waals surface area contributed by atoms with Crippen molar-refractivity contribution in [3.63, 3.8) is 0 Å². The van der Waals surface area contributed by atoms with Crippen LogP contribution in [0.1, 0.15) is 16.1 Å². The minimum atomic E-state index is -1.06. The normalized spacial score (nSPS) is 10.5. The van der Waals surface area contributed by atoms with Crippen LogP contribution in [-0.2, 0) is 13.7 Å². The first-order valence-electron chi connectivity index (χ1n) is 5.04. The topological polar surface area (TPSA) is 55.1 Å². The van der Waals surface area contributed by atoms with E-state index in [9.17, 15) is 9.18 Å². The van der Waals surface area contributed by atoms with E-state index in [4.69, 9.17) is 5.11 Å². The lowest BCUT2D eigenvalue weighted by Gasteiger charge is -2.02. The van der Waals surface area contributed by atoms with E-state index >= 15 is 0 Å². The van der Waals surface area contributed by atoms with Crippen LogP contribution >= 0.6 is 0 Å². The van der Waals surface area contributed by atoms with E-state index in [1.807, 2.05) is 0 Å². The number of carboxylic acid groups (broad SMARTS) is 1. The van der Waals surface area contributed by atoms with Crippen LogP contribution in [0.25, 0.3) is 11.3 Å². The maximum Gasteiger partial charge on any atom is 0.356 e. The molecule has 0 atom stereocenters. The highest BCUT2D eigenvalue weighted by Gasteiger charge is 2.12. The standard InChI is InChI=1S/C12H11FN2O2/c1-15-11(6-10(14-15)12(16)17)9-4-2-8(7-13)3-5-9/h2-6H,7H2,1H3,(H,16,17). The molecule has 88 valence electrons. The number of aromatic carboxylic acids is 1. The van der Waals surface area contributed by atoms with Crippen LogP contribution in [0.5, 0.6) is 0 Å². The number of hydrogen-bond donors (Lipinski definition) is 1. The van der Waals surface area contributed by atoms with Gasteiger partial charge in [0.05, 0.1) is 5.69 Å². The van der Waals surface area contributed by atoms with Crippen molar-refractivity contribution in [2.75, 3.05) is 0 Å². The molecule has 0 amide bonds. The van der Waals surface area contributed by atoms with Crippen molar-refractivity contribution in [1.82, 2.24) is 9.78 Å². The number of nitrogens with zero attached hydrogens (tertiary/aromatic N) is 2. The van der Waals surface area contributed by atoms with E-state index in [2.05, 4.69) is 5.10 Å². The molecule has 2 aromatic rings. The van der Waals surface area contributed by atoms with Crippen LogP contribution < -0.4 is 0 Å². The largest absolute Gasteiger partial charge is 0.476 e. The lowest BCUT2D eigenvalue weighted by molar-refractivity contribution is 0.0689. The Kier molecular flexibility index (Phi) is 2.91. The van der Waals surface area contributed by atoms with Gasteiger partial charge in [-0.25, -0.2) is 9.18 Å². The van der Waals surface area contributed by atoms with Crippen molar-refractivity contribution in [1.29, 1.82) is 0 Å². The van der Waals surface area contributed by atoms with Gasteiger partial charge in [0, 0.05) is 7.05 Å². The number of carboxylic acids is 1. The molecule has 5 heteroatoms. The molecule has 2 rings (SSSR count). The molecule has 0 aliphatic carbocycles. The van der Waals surface area contributed by atoms with E-state index in [1.165, 1.54) is 10.7 Å². The maximum atomic E-state index is 12.4. The Bertz CT molecular complexity index is 546. The monoisotopic (exact) mass is 234 g/mol. The first kappa shape index (κ1) is 11.3. The molecular formula is C12H11FN2O2. The van der Waals surface area contributed by atoms with E-state index in [0.717, 1.165) is 5.56 Å². The van der Waals surface area contributed by atoms with Crippen LogP contribution in [0.2, 0.25) is 0 Å². The van der Waals surface area contributed by atoms with Crippen LogP contribution in [0.3, 0.4) is 0 Å². The van der Waals surface area contributed by atoms with E-state index < -0.39 is 12.6 Å². The van der Waals surface area contributed by atoms with E-state index in [0.29, 0.717) is 11.3 Å². The van der Waals surface area contributed by atoms with Gasteiger partial charge in [0.25, 0.3) is 0 Å². The molecule has 0 spiro atoms. The summed E-state index contributed by atoms with van der Waals surface area (Å²) < 4.78 is 13.8. The van der Waals surface area contributed by atoms with Gasteiger partial charge >= 0.3 is 5.97 Å². The van der Waals surface area contributed by atoms with Gasteiger partial charge in [0.2, 0.25) is 0 Å². The molecule has 0 fully saturated rings. The molecule has 0 bridgehead atoms. The molecule has 0 saturated carbocycles. The summed E-state index contributed by atoms with van der Waals surface area (Å²) in [6.07, 6.45) is 0. The number of rotatable bonds is 3. The minimum Gasteiger partial charge on any atom is -0.476 e. The summed E-state index contributed by atoms with van der Waals surface area (Å²) in [5.74, 6) is -1.06. The number of aromatic nitrogens is 2. The van der Waals surface area contributed by atoms with Gasteiger partial charge in [-0.3, -0.25) is 4.68 Å². The third-order valence-corrected chi connectivity index (χ3v) is 2.50. The van der Waals surface area contributed by atoms with Gasteiger partial charge in [0.1, 0.15) is 6.67 Å². The molecule has 0 unspecified atom stereocenters. The number of aryl methyl sites for hydroxylation is 1. The lowest BCUT2D eigenvalue weighted by atomic mass is 10.1. The Morgan fingerprint density at radius 3 is 2.53 bits per heavy atom. The second kappa shape index (κ2) is 4.37. The summed E-state index contributed by atoms with van der Waals surface area (Å²) in [4.78, 5) is 10.8. The van der Waals surface area contributed by atoms with Crippen molar-refractivity contribution < 1.29 is 14.3 Å². The van der Waals surface area contributed by atoms with Crippen molar-refractivity contribution in [3.05, 3.63) is 41.6 Å². The van der Waals surface area contributed by atoms with Gasteiger partial charge in [-0.2, -0.15) is 5.10 Å². The zero-order valence-electron chi connectivity index (χ0n) is 9.22. The Hall–Kier alpha value is -2.17. The molecule has 0 aliphatic heterocycles. The van der Waals surface area contributed by atoms with Gasteiger partial charge in [-0.15, -0.1) is 0 Å². The van der Waals surface area contributed by atoms with E-state index in [1.54, 1.807) is 31.3 Å². The predicted molar refractivity (Wildman–Crippen MR) is 60.4 cm³/mol. The van der Waals surface area contributed by atoms with Gasteiger partial charge < -0.3 is 5.11 Å². The quantitative estimate of drug-likeness (QED) is 0.886. The van der Waals surface area contributed by atoms with Gasteiger partial charge in [-0.05, 0) is 17.2 Å². The number of benzene rings is 1. The fraction of sp³-hybridized carbons (Fsp3) is 0.167. The zero-order chi connectivity index (χ0) is 12.4. The SMILES string of the molecule is Cn1nc(C(=O)O)cc1-c1ccc(CF)cc1. The van der Waals surface area contributed by atoms with Crippen LogP contribution in [0.15, 0.2) is 30.3 Å². The Labute approximate surface area is 97.3 Å². The highest BCUT2D eigenvalue weighted by Crippen LogP contribution is 2.20. The second-order valence-electron chi connectivity index (χ2n) is 3.67. The molecule has 17 heavy (non-hydrogen) atoms. The molecule has 0 saturated heterocycles. The Morgan fingerprint density at radius 1 is 1.41 bits per heavy atom. The average molecular weight is 234 g/mol. The second-order valence-corrected chi connectivity index (χ2v) is 3.67. The first-order chi connectivity index (χ1) is 8.11. The van der Waals surface area contributed by atoms with E-state index in [-0.39, 0.29) is 5.69 Å². The molecule has 1 N–H and O–H groups in total. The molecule has 1 aromatic heterocycles. The fourth-order valence-electron chi connectivity index (χ4n) is 1.61. The summed E-state index contributed by atoms with van der Waals surface area (Å²) in [5.41, 5.74) is 2.09. The minimum absolute atomic E-state index is 0.00271. The predicted octanol–water partition coefficient (Wildman–Crippen LogP) is 2.25. The maximum absolute atomic E-state index is 12.4. The third kappa shape index (κ3) is 2.18. The Balaban J connectivity index is 2.41. The smallest absolute Gasteiger partial charge is 0.356 e. The van der Waals surface area contributed by atoms with Crippen LogP contribution in [-0.4, -0.2) is 20.9 Å². The molecular weight excluding hydrogens is 223 g/mol. The number of carbonyl (C=O) groups is 1. The molecule has 0 radical (unpaired) electrons.